The summed E-state index contributed by atoms with van der Waals surface area (Å²) < 4.78 is 2.13. The average Bonchev–Trinajstić information content (AvgIpc) is 3.00. The summed E-state index contributed by atoms with van der Waals surface area (Å²) in [4.78, 5) is 12.5. The van der Waals surface area contributed by atoms with E-state index in [1.54, 1.807) is 18.2 Å². The van der Waals surface area contributed by atoms with Gasteiger partial charge in [0.05, 0.1) is 0 Å². The van der Waals surface area contributed by atoms with Gasteiger partial charge in [-0.2, -0.15) is 5.26 Å². The second-order valence-electron chi connectivity index (χ2n) is 6.67. The van der Waals surface area contributed by atoms with E-state index in [2.05, 4.69) is 41.1 Å². The lowest BCUT2D eigenvalue weighted by molar-refractivity contribution is -0.112. The van der Waals surface area contributed by atoms with Crippen LogP contribution in [0.4, 0.5) is 5.69 Å². The van der Waals surface area contributed by atoms with Gasteiger partial charge in [0.2, 0.25) is 0 Å². The molecule has 0 aliphatic carbocycles. The van der Waals surface area contributed by atoms with Gasteiger partial charge < -0.3 is 9.88 Å². The van der Waals surface area contributed by atoms with Crippen molar-refractivity contribution in [3.8, 4) is 11.8 Å². The van der Waals surface area contributed by atoms with Crippen LogP contribution in [-0.2, 0) is 11.2 Å². The van der Waals surface area contributed by atoms with E-state index < -0.39 is 5.91 Å². The van der Waals surface area contributed by atoms with Crippen LogP contribution < -0.4 is 5.32 Å². The number of nitrogens with zero attached hydrogens (tertiary/aromatic N) is 2. The first-order chi connectivity index (χ1) is 13.5. The number of hydrogen-bond acceptors (Lipinski definition) is 2. The van der Waals surface area contributed by atoms with Crippen LogP contribution in [0, 0.1) is 25.2 Å². The first-order valence-electron chi connectivity index (χ1n) is 9.30. The molecule has 0 atom stereocenters. The molecule has 140 valence electrons. The summed E-state index contributed by atoms with van der Waals surface area (Å²) in [5, 5.41) is 12.3. The molecule has 1 heterocycles. The van der Waals surface area contributed by atoms with Crippen LogP contribution in [0.25, 0.3) is 11.8 Å². The largest absolute Gasteiger partial charge is 0.321 e. The molecule has 0 unspecified atom stereocenters. The molecule has 1 amide bonds. The third-order valence-electron chi connectivity index (χ3n) is 4.77. The quantitative estimate of drug-likeness (QED) is 0.496. The second kappa shape index (κ2) is 8.41. The van der Waals surface area contributed by atoms with Crippen LogP contribution in [0.5, 0.6) is 0 Å². The van der Waals surface area contributed by atoms with E-state index in [9.17, 15) is 10.1 Å². The highest BCUT2D eigenvalue weighted by Gasteiger charge is 2.14. The van der Waals surface area contributed by atoms with Crippen LogP contribution in [0.15, 0.2) is 66.2 Å². The number of carbonyl (C=O) groups excluding carboxylic acids is 1. The van der Waals surface area contributed by atoms with E-state index in [1.807, 2.05) is 44.2 Å². The predicted molar refractivity (Wildman–Crippen MR) is 113 cm³/mol. The van der Waals surface area contributed by atoms with E-state index in [4.69, 9.17) is 0 Å². The molecule has 3 rings (SSSR count). The lowest BCUT2D eigenvalue weighted by atomic mass is 10.1. The number of aryl methyl sites for hydroxylation is 2. The Morgan fingerprint density at radius 2 is 1.79 bits per heavy atom. The van der Waals surface area contributed by atoms with Crippen LogP contribution >= 0.6 is 0 Å². The zero-order chi connectivity index (χ0) is 20.1. The molecule has 0 aliphatic heterocycles. The fraction of sp³-hybridized carbons (Fsp3) is 0.167. The topological polar surface area (TPSA) is 57.8 Å². The first-order valence-corrected chi connectivity index (χ1v) is 9.30. The van der Waals surface area contributed by atoms with E-state index >= 15 is 0 Å². The minimum absolute atomic E-state index is 0.0745. The third kappa shape index (κ3) is 4.05. The molecule has 3 aromatic rings. The molecular weight excluding hydrogens is 346 g/mol. The summed E-state index contributed by atoms with van der Waals surface area (Å²) in [6.07, 6.45) is 2.65. The Kier molecular flexibility index (Phi) is 5.76. The number of rotatable bonds is 5. The normalized spacial score (nSPS) is 11.1. The molecule has 0 saturated carbocycles. The number of aromatic nitrogens is 1. The van der Waals surface area contributed by atoms with Crippen molar-refractivity contribution < 1.29 is 4.79 Å². The zero-order valence-corrected chi connectivity index (χ0v) is 16.4. The Hall–Kier alpha value is -3.58. The molecule has 0 radical (unpaired) electrons. The summed E-state index contributed by atoms with van der Waals surface area (Å²) in [6.45, 7) is 6.15. The van der Waals surface area contributed by atoms with Crippen LogP contribution in [0.2, 0.25) is 0 Å². The number of nitrogens with one attached hydrogen (secondary N) is 1. The number of hydrogen-bond donors (Lipinski definition) is 1. The highest BCUT2D eigenvalue weighted by Crippen LogP contribution is 2.23. The SMILES string of the molecule is CCc1ccc(-n2c(C)cc(/C=C(/C#N)C(=O)Nc3ccccc3)c2C)cc1. The van der Waals surface area contributed by atoms with Crippen molar-refractivity contribution in [1.29, 1.82) is 5.26 Å². The maximum atomic E-state index is 12.5. The molecule has 0 fully saturated rings. The minimum atomic E-state index is -0.411. The van der Waals surface area contributed by atoms with Gasteiger partial charge in [-0.1, -0.05) is 37.3 Å². The van der Waals surface area contributed by atoms with E-state index in [1.165, 1.54) is 5.56 Å². The maximum Gasteiger partial charge on any atom is 0.266 e. The molecule has 1 N–H and O–H groups in total. The Labute approximate surface area is 165 Å². The molecule has 2 aromatic carbocycles. The Bertz CT molecular complexity index is 1050. The van der Waals surface area contributed by atoms with Crippen molar-refractivity contribution in [2.75, 3.05) is 5.32 Å². The van der Waals surface area contributed by atoms with Crippen molar-refractivity contribution in [2.45, 2.75) is 27.2 Å². The summed E-state index contributed by atoms with van der Waals surface area (Å²) in [6, 6.07) is 21.6. The van der Waals surface area contributed by atoms with E-state index in [0.29, 0.717) is 5.69 Å². The number of para-hydroxylation sites is 1. The molecule has 4 heteroatoms. The fourth-order valence-corrected chi connectivity index (χ4v) is 3.24. The first kappa shape index (κ1) is 19.2. The van der Waals surface area contributed by atoms with E-state index in [-0.39, 0.29) is 5.57 Å². The third-order valence-corrected chi connectivity index (χ3v) is 4.77. The molecule has 0 aliphatic rings. The van der Waals surface area contributed by atoms with Gasteiger partial charge in [0.1, 0.15) is 11.6 Å². The lowest BCUT2D eigenvalue weighted by Gasteiger charge is -2.10. The lowest BCUT2D eigenvalue weighted by Crippen LogP contribution is -2.13. The van der Waals surface area contributed by atoms with Crippen molar-refractivity contribution in [3.05, 3.63) is 88.8 Å². The van der Waals surface area contributed by atoms with Gasteiger partial charge in [0, 0.05) is 22.8 Å². The van der Waals surface area contributed by atoms with Crippen molar-refractivity contribution >= 4 is 17.7 Å². The zero-order valence-electron chi connectivity index (χ0n) is 16.4. The summed E-state index contributed by atoms with van der Waals surface area (Å²) in [5.41, 5.74) is 5.99. The minimum Gasteiger partial charge on any atom is -0.321 e. The van der Waals surface area contributed by atoms with Crippen LogP contribution in [0.3, 0.4) is 0 Å². The van der Waals surface area contributed by atoms with Crippen molar-refractivity contribution in [1.82, 2.24) is 4.57 Å². The molecule has 1 aromatic heterocycles. The monoisotopic (exact) mass is 369 g/mol. The van der Waals surface area contributed by atoms with Gasteiger partial charge in [-0.05, 0) is 67.8 Å². The van der Waals surface area contributed by atoms with Gasteiger partial charge in [-0.25, -0.2) is 0 Å². The van der Waals surface area contributed by atoms with Gasteiger partial charge in [0.25, 0.3) is 5.91 Å². The molecule has 0 saturated heterocycles. The summed E-state index contributed by atoms with van der Waals surface area (Å²) in [7, 11) is 0. The predicted octanol–water partition coefficient (Wildman–Crippen LogP) is 5.20. The number of carbonyl (C=O) groups is 1. The standard InChI is InChI=1S/C24H23N3O/c1-4-19-10-12-23(13-11-19)27-17(2)14-20(18(27)3)15-21(16-25)24(28)26-22-8-6-5-7-9-22/h5-15H,4H2,1-3H3,(H,26,28)/b21-15-. The summed E-state index contributed by atoms with van der Waals surface area (Å²) in [5.74, 6) is -0.411. The van der Waals surface area contributed by atoms with Crippen molar-refractivity contribution in [3.63, 3.8) is 0 Å². The Balaban J connectivity index is 1.92. The molecule has 0 spiro atoms. The van der Waals surface area contributed by atoms with Gasteiger partial charge >= 0.3 is 0 Å². The van der Waals surface area contributed by atoms with Gasteiger partial charge in [-0.15, -0.1) is 0 Å². The molecule has 0 bridgehead atoms. The Morgan fingerprint density at radius 1 is 1.11 bits per heavy atom. The Morgan fingerprint density at radius 3 is 2.39 bits per heavy atom. The second-order valence-corrected chi connectivity index (χ2v) is 6.67. The summed E-state index contributed by atoms with van der Waals surface area (Å²) >= 11 is 0. The number of anilines is 1. The number of nitriles is 1. The smallest absolute Gasteiger partial charge is 0.266 e. The molecular formula is C24H23N3O. The molecule has 4 nitrogen and oxygen atoms in total. The highest BCUT2D eigenvalue weighted by atomic mass is 16.1. The van der Waals surface area contributed by atoms with E-state index in [0.717, 1.165) is 29.1 Å². The van der Waals surface area contributed by atoms with Gasteiger partial charge in [0.15, 0.2) is 0 Å². The fourth-order valence-electron chi connectivity index (χ4n) is 3.24. The van der Waals surface area contributed by atoms with Crippen LogP contribution in [-0.4, -0.2) is 10.5 Å². The van der Waals surface area contributed by atoms with Crippen molar-refractivity contribution in [2.24, 2.45) is 0 Å². The van der Waals surface area contributed by atoms with Gasteiger partial charge in [-0.3, -0.25) is 4.79 Å². The average molecular weight is 369 g/mol. The molecule has 28 heavy (non-hydrogen) atoms. The van der Waals surface area contributed by atoms with Crippen LogP contribution in [0.1, 0.15) is 29.4 Å². The maximum absolute atomic E-state index is 12.5. The highest BCUT2D eigenvalue weighted by molar-refractivity contribution is 6.09. The number of benzene rings is 2. The number of amides is 1.